The third-order valence-electron chi connectivity index (χ3n) is 5.86. The molecular weight excluding hydrogens is 485 g/mol. The Bertz CT molecular complexity index is 552. The van der Waals surface area contributed by atoms with Gasteiger partial charge < -0.3 is 25.2 Å². The lowest BCUT2D eigenvalue weighted by Gasteiger charge is -2.22. The Morgan fingerprint density at radius 2 is 1.33 bits per heavy atom. The second kappa shape index (κ2) is 24.8. The molecule has 0 bridgehead atoms. The van der Waals surface area contributed by atoms with E-state index in [1.54, 1.807) is 0 Å². The molecule has 0 saturated carbocycles. The molecule has 0 radical (unpaired) electrons. The van der Waals surface area contributed by atoms with Crippen molar-refractivity contribution in [2.24, 2.45) is 5.73 Å². The number of unbranched alkanes of at least 4 members (excludes halogenated alkanes) is 13. The lowest BCUT2D eigenvalue weighted by Crippen LogP contribution is -2.31. The SMILES string of the molecule is CCCCCCCCCCCC(=O)OC[C@H](COP(=O)(O)OCCN)OC(O)CCCCCCCC. The number of phosphoric acid groups is 1. The number of hydrogen-bond donors (Lipinski definition) is 3. The number of aliphatic hydroxyl groups is 1. The van der Waals surface area contributed by atoms with Crippen LogP contribution in [0.2, 0.25) is 0 Å². The largest absolute Gasteiger partial charge is 0.472 e. The van der Waals surface area contributed by atoms with Gasteiger partial charge in [-0.25, -0.2) is 4.57 Å². The smallest absolute Gasteiger partial charge is 0.463 e. The van der Waals surface area contributed by atoms with Crippen LogP contribution < -0.4 is 5.73 Å². The molecule has 10 heteroatoms. The molecule has 0 fully saturated rings. The molecule has 0 aliphatic carbocycles. The molecule has 0 amide bonds. The van der Waals surface area contributed by atoms with Gasteiger partial charge >= 0.3 is 13.8 Å². The van der Waals surface area contributed by atoms with E-state index in [4.69, 9.17) is 24.3 Å². The summed E-state index contributed by atoms with van der Waals surface area (Å²) in [6.07, 6.45) is 15.6. The van der Waals surface area contributed by atoms with Crippen molar-refractivity contribution in [1.82, 2.24) is 0 Å². The highest BCUT2D eigenvalue weighted by molar-refractivity contribution is 7.47. The zero-order valence-corrected chi connectivity index (χ0v) is 23.8. The molecule has 0 saturated heterocycles. The van der Waals surface area contributed by atoms with E-state index in [-0.39, 0.29) is 32.3 Å². The molecule has 0 spiro atoms. The summed E-state index contributed by atoms with van der Waals surface area (Å²) in [4.78, 5) is 21.9. The van der Waals surface area contributed by atoms with Crippen LogP contribution in [-0.2, 0) is 27.9 Å². The minimum atomic E-state index is -4.31. The summed E-state index contributed by atoms with van der Waals surface area (Å²) < 4.78 is 32.5. The van der Waals surface area contributed by atoms with Crippen molar-refractivity contribution in [2.75, 3.05) is 26.4 Å². The van der Waals surface area contributed by atoms with Crippen molar-refractivity contribution >= 4 is 13.8 Å². The van der Waals surface area contributed by atoms with Gasteiger partial charge in [-0.3, -0.25) is 13.8 Å². The minimum absolute atomic E-state index is 0.0707. The van der Waals surface area contributed by atoms with Crippen LogP contribution in [0.3, 0.4) is 0 Å². The van der Waals surface area contributed by atoms with Gasteiger partial charge in [0.15, 0.2) is 6.29 Å². The van der Waals surface area contributed by atoms with Gasteiger partial charge in [0, 0.05) is 13.0 Å². The zero-order valence-electron chi connectivity index (χ0n) is 22.9. The van der Waals surface area contributed by atoms with Crippen molar-refractivity contribution in [3.05, 3.63) is 0 Å². The number of esters is 1. The lowest BCUT2D eigenvalue weighted by atomic mass is 10.1. The van der Waals surface area contributed by atoms with Crippen molar-refractivity contribution < 1.29 is 37.9 Å². The monoisotopic (exact) mass is 539 g/mol. The third kappa shape index (κ3) is 23.8. The fourth-order valence-electron chi connectivity index (χ4n) is 3.74. The number of hydrogen-bond acceptors (Lipinski definition) is 8. The van der Waals surface area contributed by atoms with E-state index < -0.39 is 20.2 Å². The Morgan fingerprint density at radius 3 is 1.89 bits per heavy atom. The summed E-state index contributed by atoms with van der Waals surface area (Å²) in [6.45, 7) is 3.77. The summed E-state index contributed by atoms with van der Waals surface area (Å²) in [5.74, 6) is -0.358. The molecule has 9 nitrogen and oxygen atoms in total. The van der Waals surface area contributed by atoms with Crippen molar-refractivity contribution in [3.8, 4) is 0 Å². The van der Waals surface area contributed by atoms with Gasteiger partial charge in [0.05, 0.1) is 13.2 Å². The fourth-order valence-corrected chi connectivity index (χ4v) is 4.50. The first-order valence-electron chi connectivity index (χ1n) is 14.2. The summed E-state index contributed by atoms with van der Waals surface area (Å²) in [5.41, 5.74) is 5.29. The summed E-state index contributed by atoms with van der Waals surface area (Å²) in [6, 6.07) is 0. The first-order chi connectivity index (χ1) is 17.3. The van der Waals surface area contributed by atoms with Crippen LogP contribution in [-0.4, -0.2) is 54.7 Å². The van der Waals surface area contributed by atoms with Crippen molar-refractivity contribution in [1.29, 1.82) is 0 Å². The summed E-state index contributed by atoms with van der Waals surface area (Å²) in [5, 5.41) is 10.3. The minimum Gasteiger partial charge on any atom is -0.463 e. The Morgan fingerprint density at radius 1 is 0.806 bits per heavy atom. The number of nitrogens with two attached hydrogens (primary N) is 1. The first-order valence-corrected chi connectivity index (χ1v) is 15.6. The first kappa shape index (κ1) is 35.5. The van der Waals surface area contributed by atoms with E-state index in [1.807, 2.05) is 0 Å². The van der Waals surface area contributed by atoms with Crippen molar-refractivity contribution in [3.63, 3.8) is 0 Å². The second-order valence-electron chi connectivity index (χ2n) is 9.42. The average Bonchev–Trinajstić information content (AvgIpc) is 2.85. The molecule has 0 aliphatic rings. The molecule has 0 aromatic rings. The number of rotatable bonds is 27. The van der Waals surface area contributed by atoms with Crippen LogP contribution in [0.4, 0.5) is 0 Å². The van der Waals surface area contributed by atoms with E-state index >= 15 is 0 Å². The number of phosphoric ester groups is 1. The van der Waals surface area contributed by atoms with E-state index in [0.717, 1.165) is 38.5 Å². The van der Waals surface area contributed by atoms with Crippen LogP contribution in [0.5, 0.6) is 0 Å². The predicted octanol–water partition coefficient (Wildman–Crippen LogP) is 6.00. The number of carbonyl (C=O) groups excluding carboxylic acids is 1. The Labute approximate surface area is 219 Å². The van der Waals surface area contributed by atoms with E-state index in [9.17, 15) is 19.4 Å². The van der Waals surface area contributed by atoms with Gasteiger partial charge in [-0.05, 0) is 19.3 Å². The number of carbonyl (C=O) groups is 1. The number of ether oxygens (including phenoxy) is 2. The maximum Gasteiger partial charge on any atom is 0.472 e. The average molecular weight is 540 g/mol. The lowest BCUT2D eigenvalue weighted by molar-refractivity contribution is -0.174. The van der Waals surface area contributed by atoms with Gasteiger partial charge in [0.25, 0.3) is 0 Å². The maximum absolute atomic E-state index is 12.2. The summed E-state index contributed by atoms with van der Waals surface area (Å²) in [7, 11) is -4.31. The summed E-state index contributed by atoms with van der Waals surface area (Å²) >= 11 is 0. The fraction of sp³-hybridized carbons (Fsp3) is 0.962. The standard InChI is InChI=1S/C26H54NO8P/c1-3-5-7-9-11-12-13-15-16-18-25(28)32-22-24(23-34-36(30,31)33-21-20-27)35-26(29)19-17-14-10-8-6-4-2/h24,26,29H,3-23,27H2,1-2H3,(H,30,31)/t24-,26?/m1/s1. The van der Waals surface area contributed by atoms with Crippen LogP contribution in [0.15, 0.2) is 0 Å². The van der Waals surface area contributed by atoms with Gasteiger partial charge in [0.2, 0.25) is 0 Å². The van der Waals surface area contributed by atoms with E-state index in [2.05, 4.69) is 13.8 Å². The molecule has 0 aromatic carbocycles. The maximum atomic E-state index is 12.2. The van der Waals surface area contributed by atoms with E-state index in [0.29, 0.717) is 12.8 Å². The molecule has 216 valence electrons. The Balaban J connectivity index is 4.34. The molecule has 0 rings (SSSR count). The van der Waals surface area contributed by atoms with E-state index in [1.165, 1.54) is 57.8 Å². The Hall–Kier alpha value is -0.540. The molecule has 0 aromatic heterocycles. The van der Waals surface area contributed by atoms with Crippen LogP contribution >= 0.6 is 7.82 Å². The molecule has 0 heterocycles. The van der Waals surface area contributed by atoms with Gasteiger partial charge in [-0.15, -0.1) is 0 Å². The van der Waals surface area contributed by atoms with Crippen LogP contribution in [0.25, 0.3) is 0 Å². The molecule has 4 N–H and O–H groups in total. The number of aliphatic hydroxyl groups excluding tert-OH is 1. The van der Waals surface area contributed by atoms with Gasteiger partial charge in [-0.2, -0.15) is 0 Å². The molecule has 3 atom stereocenters. The topological polar surface area (TPSA) is 138 Å². The highest BCUT2D eigenvalue weighted by atomic mass is 31.2. The Kier molecular flexibility index (Phi) is 24.4. The highest BCUT2D eigenvalue weighted by Gasteiger charge is 2.25. The third-order valence-corrected chi connectivity index (χ3v) is 6.85. The molecule has 36 heavy (non-hydrogen) atoms. The van der Waals surface area contributed by atoms with Crippen LogP contribution in [0.1, 0.15) is 123 Å². The second-order valence-corrected chi connectivity index (χ2v) is 10.9. The normalized spacial score (nSPS) is 14.9. The molecular formula is C26H54NO8P. The van der Waals surface area contributed by atoms with Gasteiger partial charge in [0.1, 0.15) is 12.7 Å². The predicted molar refractivity (Wildman–Crippen MR) is 142 cm³/mol. The van der Waals surface area contributed by atoms with Crippen LogP contribution in [0, 0.1) is 0 Å². The molecule has 2 unspecified atom stereocenters. The quantitative estimate of drug-likeness (QED) is 0.0497. The highest BCUT2D eigenvalue weighted by Crippen LogP contribution is 2.43. The van der Waals surface area contributed by atoms with Crippen molar-refractivity contribution in [2.45, 2.75) is 135 Å². The van der Waals surface area contributed by atoms with Gasteiger partial charge in [-0.1, -0.05) is 97.3 Å². The molecule has 0 aliphatic heterocycles. The zero-order chi connectivity index (χ0) is 26.9.